The van der Waals surface area contributed by atoms with Crippen molar-refractivity contribution in [3.63, 3.8) is 0 Å². The van der Waals surface area contributed by atoms with Crippen molar-refractivity contribution in [2.24, 2.45) is 0 Å². The second-order valence-corrected chi connectivity index (χ2v) is 7.60. The van der Waals surface area contributed by atoms with E-state index < -0.39 is 15.8 Å². The summed E-state index contributed by atoms with van der Waals surface area (Å²) in [6.07, 6.45) is 1.13. The summed E-state index contributed by atoms with van der Waals surface area (Å²) in [7, 11) is -3.31. The molecule has 0 saturated carbocycles. The number of rotatable bonds is 4. The molecule has 0 aliphatic heterocycles. The number of nitriles is 1. The molecule has 1 aromatic heterocycles. The first-order chi connectivity index (χ1) is 12.3. The predicted octanol–water partition coefficient (Wildman–Crippen LogP) is 2.51. The number of hydrogen-bond donors (Lipinski definition) is 1. The van der Waals surface area contributed by atoms with Gasteiger partial charge in [-0.2, -0.15) is 10.4 Å². The largest absolute Gasteiger partial charge is 0.478 e. The number of sulfone groups is 1. The van der Waals surface area contributed by atoms with Gasteiger partial charge in [-0.25, -0.2) is 17.9 Å². The minimum Gasteiger partial charge on any atom is -0.478 e. The number of carboxylic acids is 1. The van der Waals surface area contributed by atoms with Gasteiger partial charge in [-0.15, -0.1) is 0 Å². The highest BCUT2D eigenvalue weighted by Crippen LogP contribution is 2.25. The molecule has 0 bridgehead atoms. The molecule has 0 saturated heterocycles. The zero-order valence-corrected chi connectivity index (χ0v) is 14.4. The summed E-state index contributed by atoms with van der Waals surface area (Å²) in [5, 5.41) is 22.4. The smallest absolute Gasteiger partial charge is 0.335 e. The number of hydrogen-bond acceptors (Lipinski definition) is 5. The van der Waals surface area contributed by atoms with Crippen LogP contribution in [0.5, 0.6) is 0 Å². The molecule has 0 atom stereocenters. The van der Waals surface area contributed by atoms with Gasteiger partial charge >= 0.3 is 5.97 Å². The van der Waals surface area contributed by atoms with E-state index >= 15 is 0 Å². The van der Waals surface area contributed by atoms with Crippen molar-refractivity contribution in [2.45, 2.75) is 4.90 Å². The van der Waals surface area contributed by atoms with Gasteiger partial charge in [0, 0.05) is 17.9 Å². The van der Waals surface area contributed by atoms with Crippen LogP contribution in [0.2, 0.25) is 0 Å². The van der Waals surface area contributed by atoms with E-state index in [-0.39, 0.29) is 16.2 Å². The van der Waals surface area contributed by atoms with Crippen molar-refractivity contribution in [3.05, 3.63) is 65.9 Å². The molecule has 1 heterocycles. The molecule has 0 radical (unpaired) electrons. The molecule has 8 heteroatoms. The Morgan fingerprint density at radius 2 is 1.73 bits per heavy atom. The maximum atomic E-state index is 11.6. The van der Waals surface area contributed by atoms with Crippen LogP contribution in [0, 0.1) is 11.3 Å². The van der Waals surface area contributed by atoms with Crippen LogP contribution < -0.4 is 0 Å². The maximum Gasteiger partial charge on any atom is 0.335 e. The molecule has 0 aliphatic carbocycles. The van der Waals surface area contributed by atoms with Gasteiger partial charge in [0.1, 0.15) is 6.07 Å². The van der Waals surface area contributed by atoms with Crippen molar-refractivity contribution >= 4 is 15.8 Å². The topological polar surface area (TPSA) is 113 Å². The van der Waals surface area contributed by atoms with Crippen LogP contribution in [-0.4, -0.2) is 35.5 Å². The second-order valence-electron chi connectivity index (χ2n) is 5.59. The molecule has 0 amide bonds. The Morgan fingerprint density at radius 1 is 1.12 bits per heavy atom. The predicted molar refractivity (Wildman–Crippen MR) is 93.8 cm³/mol. The number of carbonyl (C=O) groups is 1. The van der Waals surface area contributed by atoms with Gasteiger partial charge in [0.05, 0.1) is 21.8 Å². The molecule has 130 valence electrons. The van der Waals surface area contributed by atoms with E-state index in [1.807, 2.05) is 6.07 Å². The first-order valence-electron chi connectivity index (χ1n) is 7.44. The van der Waals surface area contributed by atoms with E-state index in [4.69, 9.17) is 10.4 Å². The molecule has 1 N–H and O–H groups in total. The average Bonchev–Trinajstić information content (AvgIpc) is 3.05. The van der Waals surface area contributed by atoms with Crippen LogP contribution in [0.15, 0.2) is 59.5 Å². The lowest BCUT2D eigenvalue weighted by atomic mass is 10.1. The van der Waals surface area contributed by atoms with E-state index in [9.17, 15) is 13.2 Å². The summed E-state index contributed by atoms with van der Waals surface area (Å²) < 4.78 is 24.7. The number of benzene rings is 2. The molecular formula is C18H13N3O4S. The highest BCUT2D eigenvalue weighted by atomic mass is 32.2. The zero-order valence-electron chi connectivity index (χ0n) is 13.6. The summed E-state index contributed by atoms with van der Waals surface area (Å²) in [5.41, 5.74) is 2.17. The van der Waals surface area contributed by atoms with Gasteiger partial charge in [0.15, 0.2) is 15.5 Å². The fourth-order valence-electron chi connectivity index (χ4n) is 2.46. The SMILES string of the molecule is CS(=O)(=O)c1ccc(-c2cc(C#N)nn2-c2ccc(C(=O)O)cc2)cc1. The molecule has 26 heavy (non-hydrogen) atoms. The van der Waals surface area contributed by atoms with Gasteiger partial charge in [-0.05, 0) is 36.4 Å². The first kappa shape index (κ1) is 17.4. The zero-order chi connectivity index (χ0) is 18.9. The Bertz CT molecular complexity index is 1120. The minimum absolute atomic E-state index is 0.139. The molecular weight excluding hydrogens is 354 g/mol. The van der Waals surface area contributed by atoms with E-state index in [1.165, 1.54) is 28.9 Å². The first-order valence-corrected chi connectivity index (χ1v) is 9.33. The molecule has 2 aromatic carbocycles. The molecule has 0 spiro atoms. The highest BCUT2D eigenvalue weighted by Gasteiger charge is 2.14. The maximum absolute atomic E-state index is 11.6. The van der Waals surface area contributed by atoms with Crippen LogP contribution >= 0.6 is 0 Å². The van der Waals surface area contributed by atoms with E-state index in [0.29, 0.717) is 16.9 Å². The molecule has 3 rings (SSSR count). The third kappa shape index (κ3) is 3.34. The lowest BCUT2D eigenvalue weighted by Gasteiger charge is -2.08. The Balaban J connectivity index is 2.10. The quantitative estimate of drug-likeness (QED) is 0.758. The summed E-state index contributed by atoms with van der Waals surface area (Å²) in [5.74, 6) is -1.04. The van der Waals surface area contributed by atoms with Crippen molar-refractivity contribution in [1.29, 1.82) is 5.26 Å². The standard InChI is InChI=1S/C18H13N3O4S/c1-26(24,25)16-8-4-12(5-9-16)17-10-14(11-19)20-21(17)15-6-2-13(3-7-15)18(22)23/h2-10H,1H3,(H,22,23). The van der Waals surface area contributed by atoms with Gasteiger partial charge in [0.2, 0.25) is 0 Å². The van der Waals surface area contributed by atoms with Crippen molar-refractivity contribution in [2.75, 3.05) is 6.26 Å². The van der Waals surface area contributed by atoms with Crippen molar-refractivity contribution in [3.8, 4) is 23.0 Å². The molecule has 0 fully saturated rings. The van der Waals surface area contributed by atoms with Crippen molar-refractivity contribution in [1.82, 2.24) is 9.78 Å². The third-order valence-electron chi connectivity index (χ3n) is 3.76. The van der Waals surface area contributed by atoms with E-state index in [1.54, 1.807) is 30.3 Å². The number of aromatic carboxylic acids is 1. The average molecular weight is 367 g/mol. The summed E-state index contributed by atoms with van der Waals surface area (Å²) in [6, 6.07) is 15.9. The lowest BCUT2D eigenvalue weighted by molar-refractivity contribution is 0.0697. The Hall–Kier alpha value is -3.44. The minimum atomic E-state index is -3.31. The monoisotopic (exact) mass is 367 g/mol. The number of nitrogens with zero attached hydrogens (tertiary/aromatic N) is 3. The van der Waals surface area contributed by atoms with Gasteiger partial charge < -0.3 is 5.11 Å². The van der Waals surface area contributed by atoms with E-state index in [2.05, 4.69) is 5.10 Å². The van der Waals surface area contributed by atoms with Gasteiger partial charge in [-0.3, -0.25) is 0 Å². The Kier molecular flexibility index (Phi) is 4.32. The Morgan fingerprint density at radius 3 is 2.23 bits per heavy atom. The fraction of sp³-hybridized carbons (Fsp3) is 0.0556. The van der Waals surface area contributed by atoms with Gasteiger partial charge in [0.25, 0.3) is 0 Å². The number of carboxylic acid groups (broad SMARTS) is 1. The summed E-state index contributed by atoms with van der Waals surface area (Å²) in [4.78, 5) is 11.2. The second kappa shape index (κ2) is 6.46. The van der Waals surface area contributed by atoms with E-state index in [0.717, 1.165) is 6.26 Å². The van der Waals surface area contributed by atoms with Crippen LogP contribution in [-0.2, 0) is 9.84 Å². The normalized spacial score (nSPS) is 11.1. The van der Waals surface area contributed by atoms with Crippen LogP contribution in [0.4, 0.5) is 0 Å². The van der Waals surface area contributed by atoms with Gasteiger partial charge in [-0.1, -0.05) is 12.1 Å². The van der Waals surface area contributed by atoms with Crippen LogP contribution in [0.1, 0.15) is 16.1 Å². The fourth-order valence-corrected chi connectivity index (χ4v) is 3.09. The molecule has 7 nitrogen and oxygen atoms in total. The summed E-state index contributed by atoms with van der Waals surface area (Å²) >= 11 is 0. The molecule has 3 aromatic rings. The molecule has 0 unspecified atom stereocenters. The highest BCUT2D eigenvalue weighted by molar-refractivity contribution is 7.90. The summed E-state index contributed by atoms with van der Waals surface area (Å²) in [6.45, 7) is 0. The van der Waals surface area contributed by atoms with Crippen LogP contribution in [0.3, 0.4) is 0 Å². The third-order valence-corrected chi connectivity index (χ3v) is 4.89. The van der Waals surface area contributed by atoms with Crippen LogP contribution in [0.25, 0.3) is 16.9 Å². The molecule has 0 aliphatic rings. The number of aromatic nitrogens is 2. The lowest BCUT2D eigenvalue weighted by Crippen LogP contribution is -2.02. The van der Waals surface area contributed by atoms with Crippen molar-refractivity contribution < 1.29 is 18.3 Å². The Labute approximate surface area is 149 Å².